The number of rotatable bonds is 3. The van der Waals surface area contributed by atoms with E-state index >= 15 is 0 Å². The average molecular weight is 352 g/mol. The van der Waals surface area contributed by atoms with Crippen molar-refractivity contribution >= 4 is 40.9 Å². The Morgan fingerprint density at radius 1 is 1.18 bits per heavy atom. The van der Waals surface area contributed by atoms with Gasteiger partial charge in [-0.3, -0.25) is 4.79 Å². The van der Waals surface area contributed by atoms with E-state index in [0.717, 1.165) is 23.4 Å². The lowest BCUT2D eigenvalue weighted by Gasteiger charge is -2.25. The summed E-state index contributed by atoms with van der Waals surface area (Å²) in [6.07, 6.45) is 0.420. The van der Waals surface area contributed by atoms with Gasteiger partial charge >= 0.3 is 0 Å². The number of thioether (sulfide) groups is 1. The van der Waals surface area contributed by atoms with E-state index in [1.54, 1.807) is 17.8 Å². The van der Waals surface area contributed by atoms with Crippen LogP contribution in [0.3, 0.4) is 0 Å². The second-order valence-corrected chi connectivity index (χ2v) is 7.17. The summed E-state index contributed by atoms with van der Waals surface area (Å²) >= 11 is 14.0. The largest absolute Gasteiger partial charge is 0.325 e. The lowest BCUT2D eigenvalue weighted by Crippen LogP contribution is -2.31. The molecule has 0 saturated carbocycles. The molecule has 1 saturated heterocycles. The standard InChI is InChI=1S/C17H15Cl2NOS/c18-13-6-7-14(15(19)11-13)17-20(8-9-22-17)16(21)10-12-4-2-1-3-5-12/h1-7,11,17H,8-10H2/t17-/m1/s1. The molecule has 1 atom stereocenters. The van der Waals surface area contributed by atoms with E-state index in [9.17, 15) is 4.79 Å². The minimum absolute atomic E-state index is 0.0269. The molecule has 5 heteroatoms. The normalized spacial score (nSPS) is 17.7. The van der Waals surface area contributed by atoms with E-state index in [4.69, 9.17) is 23.2 Å². The molecule has 1 fully saturated rings. The van der Waals surface area contributed by atoms with Crippen molar-refractivity contribution in [2.75, 3.05) is 12.3 Å². The van der Waals surface area contributed by atoms with Crippen molar-refractivity contribution in [1.29, 1.82) is 0 Å². The van der Waals surface area contributed by atoms with Crippen LogP contribution in [0.4, 0.5) is 0 Å². The Kier molecular flexibility index (Phi) is 4.97. The van der Waals surface area contributed by atoms with Crippen LogP contribution in [0, 0.1) is 0 Å². The minimum atomic E-state index is -0.0269. The summed E-state index contributed by atoms with van der Waals surface area (Å²) in [5, 5.41) is 1.20. The first-order valence-electron chi connectivity index (χ1n) is 7.05. The Labute approximate surface area is 144 Å². The summed E-state index contributed by atoms with van der Waals surface area (Å²) in [6.45, 7) is 0.750. The third kappa shape index (κ3) is 3.43. The zero-order valence-electron chi connectivity index (χ0n) is 11.8. The van der Waals surface area contributed by atoms with E-state index in [1.807, 2.05) is 47.4 Å². The van der Waals surface area contributed by atoms with Gasteiger partial charge in [0.2, 0.25) is 5.91 Å². The van der Waals surface area contributed by atoms with Crippen LogP contribution in [0.2, 0.25) is 10.0 Å². The van der Waals surface area contributed by atoms with Crippen LogP contribution in [0.25, 0.3) is 0 Å². The summed E-state index contributed by atoms with van der Waals surface area (Å²) in [7, 11) is 0. The molecule has 2 aromatic carbocycles. The number of carbonyl (C=O) groups excluding carboxylic acids is 1. The van der Waals surface area contributed by atoms with Crippen molar-refractivity contribution in [2.45, 2.75) is 11.8 Å². The average Bonchev–Trinajstić information content (AvgIpc) is 2.97. The molecular weight excluding hydrogens is 337 g/mol. The first-order valence-corrected chi connectivity index (χ1v) is 8.85. The van der Waals surface area contributed by atoms with Gasteiger partial charge in [0.05, 0.1) is 6.42 Å². The fourth-order valence-electron chi connectivity index (χ4n) is 2.56. The minimum Gasteiger partial charge on any atom is -0.325 e. The van der Waals surface area contributed by atoms with Gasteiger partial charge in [0.15, 0.2) is 0 Å². The number of carbonyl (C=O) groups is 1. The van der Waals surface area contributed by atoms with Crippen molar-refractivity contribution in [1.82, 2.24) is 4.90 Å². The van der Waals surface area contributed by atoms with Crippen molar-refractivity contribution < 1.29 is 4.79 Å². The van der Waals surface area contributed by atoms with E-state index in [1.165, 1.54) is 0 Å². The number of hydrogen-bond donors (Lipinski definition) is 0. The van der Waals surface area contributed by atoms with Crippen molar-refractivity contribution in [3.63, 3.8) is 0 Å². The molecule has 0 aliphatic carbocycles. The van der Waals surface area contributed by atoms with Crippen LogP contribution in [-0.4, -0.2) is 23.1 Å². The molecule has 114 valence electrons. The third-order valence-corrected chi connectivity index (χ3v) is 5.44. The fourth-order valence-corrected chi connectivity index (χ4v) is 4.45. The molecule has 0 N–H and O–H groups in total. The number of amides is 1. The molecule has 0 aromatic heterocycles. The first kappa shape index (κ1) is 15.7. The van der Waals surface area contributed by atoms with Crippen molar-refractivity contribution in [3.05, 3.63) is 69.7 Å². The molecule has 0 radical (unpaired) electrons. The Morgan fingerprint density at radius 3 is 2.68 bits per heavy atom. The summed E-state index contributed by atoms with van der Waals surface area (Å²) in [4.78, 5) is 14.5. The summed E-state index contributed by atoms with van der Waals surface area (Å²) in [5.41, 5.74) is 1.99. The van der Waals surface area contributed by atoms with Crippen LogP contribution in [-0.2, 0) is 11.2 Å². The monoisotopic (exact) mass is 351 g/mol. The highest BCUT2D eigenvalue weighted by molar-refractivity contribution is 7.99. The quantitative estimate of drug-likeness (QED) is 0.790. The molecule has 1 aliphatic heterocycles. The van der Waals surface area contributed by atoms with E-state index < -0.39 is 0 Å². The number of benzene rings is 2. The Balaban J connectivity index is 1.79. The maximum Gasteiger partial charge on any atom is 0.228 e. The zero-order chi connectivity index (χ0) is 15.5. The molecule has 2 nitrogen and oxygen atoms in total. The summed E-state index contributed by atoms with van der Waals surface area (Å²) < 4.78 is 0. The fraction of sp³-hybridized carbons (Fsp3) is 0.235. The zero-order valence-corrected chi connectivity index (χ0v) is 14.2. The molecule has 0 bridgehead atoms. The van der Waals surface area contributed by atoms with Gasteiger partial charge in [0.1, 0.15) is 5.37 Å². The van der Waals surface area contributed by atoms with Gasteiger partial charge < -0.3 is 4.90 Å². The van der Waals surface area contributed by atoms with E-state index in [0.29, 0.717) is 16.5 Å². The maximum absolute atomic E-state index is 12.6. The Bertz CT molecular complexity index is 678. The molecule has 1 heterocycles. The molecule has 2 aromatic rings. The van der Waals surface area contributed by atoms with Gasteiger partial charge in [0, 0.05) is 27.9 Å². The number of nitrogens with zero attached hydrogens (tertiary/aromatic N) is 1. The van der Waals surface area contributed by atoms with Gasteiger partial charge in [-0.25, -0.2) is 0 Å². The lowest BCUT2D eigenvalue weighted by molar-refractivity contribution is -0.130. The molecule has 3 rings (SSSR count). The molecule has 1 amide bonds. The highest BCUT2D eigenvalue weighted by Crippen LogP contribution is 2.41. The van der Waals surface area contributed by atoms with Crippen LogP contribution in [0.1, 0.15) is 16.5 Å². The van der Waals surface area contributed by atoms with E-state index in [-0.39, 0.29) is 11.3 Å². The van der Waals surface area contributed by atoms with Crippen molar-refractivity contribution in [3.8, 4) is 0 Å². The van der Waals surface area contributed by atoms with Gasteiger partial charge in [-0.15, -0.1) is 11.8 Å². The Hall–Kier alpha value is -1.16. The molecule has 1 aliphatic rings. The van der Waals surface area contributed by atoms with Crippen molar-refractivity contribution in [2.24, 2.45) is 0 Å². The predicted molar refractivity (Wildman–Crippen MR) is 93.5 cm³/mol. The molecule has 0 spiro atoms. The van der Waals surface area contributed by atoms with Crippen LogP contribution >= 0.6 is 35.0 Å². The first-order chi connectivity index (χ1) is 10.6. The molecule has 22 heavy (non-hydrogen) atoms. The van der Waals surface area contributed by atoms with Gasteiger partial charge in [-0.2, -0.15) is 0 Å². The second-order valence-electron chi connectivity index (χ2n) is 5.14. The van der Waals surface area contributed by atoms with Gasteiger partial charge in [-0.05, 0) is 17.7 Å². The van der Waals surface area contributed by atoms with Crippen LogP contribution in [0.15, 0.2) is 48.5 Å². The molecular formula is C17H15Cl2NOS. The topological polar surface area (TPSA) is 20.3 Å². The number of halogens is 2. The van der Waals surface area contributed by atoms with Crippen LogP contribution in [0.5, 0.6) is 0 Å². The molecule has 0 unspecified atom stereocenters. The summed E-state index contributed by atoms with van der Waals surface area (Å²) in [5.74, 6) is 1.05. The SMILES string of the molecule is O=C(Cc1ccccc1)N1CCS[C@@H]1c1ccc(Cl)cc1Cl. The summed E-state index contributed by atoms with van der Waals surface area (Å²) in [6, 6.07) is 15.3. The highest BCUT2D eigenvalue weighted by Gasteiger charge is 2.31. The third-order valence-electron chi connectivity index (χ3n) is 3.64. The van der Waals surface area contributed by atoms with Gasteiger partial charge in [0.25, 0.3) is 0 Å². The Morgan fingerprint density at radius 2 is 1.95 bits per heavy atom. The maximum atomic E-state index is 12.6. The second kappa shape index (κ2) is 6.95. The van der Waals surface area contributed by atoms with Crippen LogP contribution < -0.4 is 0 Å². The highest BCUT2D eigenvalue weighted by atomic mass is 35.5. The smallest absolute Gasteiger partial charge is 0.228 e. The van der Waals surface area contributed by atoms with E-state index in [2.05, 4.69) is 0 Å². The lowest BCUT2D eigenvalue weighted by atomic mass is 10.1. The predicted octanol–water partition coefficient (Wildman–Crippen LogP) is 4.81. The number of hydrogen-bond acceptors (Lipinski definition) is 2. The van der Waals surface area contributed by atoms with Gasteiger partial charge in [-0.1, -0.05) is 59.6 Å².